The van der Waals surface area contributed by atoms with Crippen molar-refractivity contribution < 1.29 is 0 Å². The molecule has 2 aromatic rings. The van der Waals surface area contributed by atoms with Crippen LogP contribution in [0.15, 0.2) is 28.0 Å². The molecule has 0 saturated carbocycles. The summed E-state index contributed by atoms with van der Waals surface area (Å²) in [5.41, 5.74) is -0.193. The van der Waals surface area contributed by atoms with Gasteiger partial charge in [-0.2, -0.15) is 0 Å². The zero-order valence-corrected chi connectivity index (χ0v) is 11.1. The van der Waals surface area contributed by atoms with Gasteiger partial charge in [0.2, 0.25) is 0 Å². The molecule has 90 valence electrons. The van der Waals surface area contributed by atoms with Crippen molar-refractivity contribution in [3.63, 3.8) is 0 Å². The number of nitrogens with one attached hydrogen (secondary N) is 1. The quantitative estimate of drug-likeness (QED) is 0.914. The van der Waals surface area contributed by atoms with Crippen molar-refractivity contribution in [2.45, 2.75) is 6.54 Å². The molecule has 2 aromatic heterocycles. The molecule has 0 amide bonds. The van der Waals surface area contributed by atoms with Gasteiger partial charge in [-0.25, -0.2) is 9.97 Å². The zero-order valence-electron chi connectivity index (χ0n) is 9.51. The molecule has 0 saturated heterocycles. The predicted octanol–water partition coefficient (Wildman–Crippen LogP) is 0.902. The van der Waals surface area contributed by atoms with Crippen LogP contribution in [0.3, 0.4) is 0 Å². The van der Waals surface area contributed by atoms with Crippen LogP contribution < -0.4 is 10.5 Å². The predicted molar refractivity (Wildman–Crippen MR) is 67.9 cm³/mol. The second-order valence-electron chi connectivity index (χ2n) is 3.68. The molecule has 17 heavy (non-hydrogen) atoms. The Morgan fingerprint density at radius 3 is 2.94 bits per heavy atom. The second-order valence-corrected chi connectivity index (χ2v) is 4.47. The maximum absolute atomic E-state index is 11.4. The Balaban J connectivity index is 2.26. The first kappa shape index (κ1) is 11.8. The van der Waals surface area contributed by atoms with E-state index in [1.165, 1.54) is 6.33 Å². The van der Waals surface area contributed by atoms with E-state index in [0.29, 0.717) is 16.8 Å². The second kappa shape index (κ2) is 4.70. The number of aryl methyl sites for hydroxylation is 1. The van der Waals surface area contributed by atoms with Crippen LogP contribution in [-0.2, 0) is 13.6 Å². The summed E-state index contributed by atoms with van der Waals surface area (Å²) >= 11 is 3.23. The van der Waals surface area contributed by atoms with E-state index in [9.17, 15) is 4.79 Å². The average molecular weight is 298 g/mol. The van der Waals surface area contributed by atoms with Crippen molar-refractivity contribution in [1.29, 1.82) is 0 Å². The van der Waals surface area contributed by atoms with E-state index in [1.807, 2.05) is 29.8 Å². The summed E-state index contributed by atoms with van der Waals surface area (Å²) in [6.45, 7) is 0.582. The van der Waals surface area contributed by atoms with Crippen LogP contribution in [0.25, 0.3) is 0 Å². The smallest absolute Gasteiger partial charge is 0.267 e. The van der Waals surface area contributed by atoms with Gasteiger partial charge in [0, 0.05) is 26.5 Å². The molecular weight excluding hydrogens is 286 g/mol. The highest BCUT2D eigenvalue weighted by Gasteiger charge is 2.12. The van der Waals surface area contributed by atoms with Crippen molar-refractivity contribution in [3.8, 4) is 0 Å². The van der Waals surface area contributed by atoms with Gasteiger partial charge < -0.3 is 14.5 Å². The van der Waals surface area contributed by atoms with Crippen molar-refractivity contribution in [2.24, 2.45) is 7.05 Å². The fourth-order valence-corrected chi connectivity index (χ4v) is 2.00. The molecule has 0 aliphatic rings. The summed E-state index contributed by atoms with van der Waals surface area (Å²) in [5.74, 6) is 1.50. The summed E-state index contributed by atoms with van der Waals surface area (Å²) in [6.07, 6.45) is 5.00. The molecule has 2 heterocycles. The highest BCUT2D eigenvalue weighted by atomic mass is 79.9. The Labute approximate surface area is 106 Å². The highest BCUT2D eigenvalue weighted by molar-refractivity contribution is 9.10. The number of anilines is 1. The summed E-state index contributed by atoms with van der Waals surface area (Å²) in [6, 6.07) is 0. The van der Waals surface area contributed by atoms with Crippen LogP contribution in [-0.4, -0.2) is 26.6 Å². The molecule has 0 aliphatic heterocycles. The monoisotopic (exact) mass is 297 g/mol. The number of nitrogens with zero attached hydrogens (tertiary/aromatic N) is 4. The molecule has 0 spiro atoms. The van der Waals surface area contributed by atoms with E-state index in [-0.39, 0.29) is 5.56 Å². The zero-order chi connectivity index (χ0) is 12.4. The van der Waals surface area contributed by atoms with Crippen LogP contribution >= 0.6 is 15.9 Å². The fraction of sp³-hybridized carbons (Fsp3) is 0.300. The largest absolute Gasteiger partial charge is 0.351 e. The molecule has 0 aromatic carbocycles. The van der Waals surface area contributed by atoms with Crippen LogP contribution in [0.5, 0.6) is 0 Å². The Morgan fingerprint density at radius 2 is 2.29 bits per heavy atom. The highest BCUT2D eigenvalue weighted by Crippen LogP contribution is 2.18. The third kappa shape index (κ3) is 2.38. The van der Waals surface area contributed by atoms with Gasteiger partial charge in [-0.05, 0) is 15.9 Å². The summed E-state index contributed by atoms with van der Waals surface area (Å²) in [5, 5.41) is 0. The van der Waals surface area contributed by atoms with Crippen LogP contribution in [0.2, 0.25) is 0 Å². The molecule has 0 aliphatic carbocycles. The van der Waals surface area contributed by atoms with Crippen molar-refractivity contribution in [2.75, 3.05) is 11.9 Å². The summed E-state index contributed by atoms with van der Waals surface area (Å²) in [7, 11) is 3.79. The minimum Gasteiger partial charge on any atom is -0.351 e. The van der Waals surface area contributed by atoms with E-state index < -0.39 is 0 Å². The minimum atomic E-state index is -0.193. The van der Waals surface area contributed by atoms with Gasteiger partial charge in [0.1, 0.15) is 16.1 Å². The standard InChI is InChI=1S/C10H12BrN5O/c1-15-4-3-12-7(15)5-16(2)9-8(11)10(17)14-6-13-9/h3-4,6H,5H2,1-2H3,(H,13,14,17). The van der Waals surface area contributed by atoms with Gasteiger partial charge in [-0.15, -0.1) is 0 Å². The van der Waals surface area contributed by atoms with Crippen molar-refractivity contribution >= 4 is 21.7 Å². The Hall–Kier alpha value is -1.63. The number of halogens is 1. The van der Waals surface area contributed by atoms with Gasteiger partial charge in [0.25, 0.3) is 5.56 Å². The van der Waals surface area contributed by atoms with E-state index in [2.05, 4.69) is 30.9 Å². The Bertz CT molecular complexity index is 576. The molecule has 0 unspecified atom stereocenters. The Morgan fingerprint density at radius 1 is 1.53 bits per heavy atom. The average Bonchev–Trinajstić information content (AvgIpc) is 2.68. The number of aromatic nitrogens is 4. The topological polar surface area (TPSA) is 66.8 Å². The first-order valence-corrected chi connectivity index (χ1v) is 5.79. The van der Waals surface area contributed by atoms with E-state index >= 15 is 0 Å². The number of H-pyrrole nitrogens is 1. The normalized spacial score (nSPS) is 10.5. The molecule has 0 bridgehead atoms. The lowest BCUT2D eigenvalue weighted by Gasteiger charge is -2.18. The molecule has 6 nitrogen and oxygen atoms in total. The van der Waals surface area contributed by atoms with Crippen molar-refractivity contribution in [3.05, 3.63) is 39.4 Å². The van der Waals surface area contributed by atoms with Gasteiger partial charge in [-0.1, -0.05) is 0 Å². The number of rotatable bonds is 3. The van der Waals surface area contributed by atoms with Gasteiger partial charge in [0.05, 0.1) is 12.9 Å². The number of hydrogen-bond acceptors (Lipinski definition) is 4. The number of imidazole rings is 1. The summed E-state index contributed by atoms with van der Waals surface area (Å²) < 4.78 is 2.36. The van der Waals surface area contributed by atoms with Gasteiger partial charge in [-0.3, -0.25) is 4.79 Å². The van der Waals surface area contributed by atoms with E-state index in [1.54, 1.807) is 6.20 Å². The third-order valence-electron chi connectivity index (χ3n) is 2.44. The van der Waals surface area contributed by atoms with Crippen molar-refractivity contribution in [1.82, 2.24) is 19.5 Å². The first-order chi connectivity index (χ1) is 8.09. The number of aromatic amines is 1. The van der Waals surface area contributed by atoms with Crippen LogP contribution in [0, 0.1) is 0 Å². The third-order valence-corrected chi connectivity index (χ3v) is 3.15. The van der Waals surface area contributed by atoms with Gasteiger partial charge >= 0.3 is 0 Å². The molecule has 2 rings (SSSR count). The molecule has 0 atom stereocenters. The maximum atomic E-state index is 11.4. The fourth-order valence-electron chi connectivity index (χ4n) is 1.48. The SMILES string of the molecule is CN(Cc1nccn1C)c1nc[nH]c(=O)c1Br. The summed E-state index contributed by atoms with van der Waals surface area (Å²) in [4.78, 5) is 24.2. The van der Waals surface area contributed by atoms with E-state index in [4.69, 9.17) is 0 Å². The lowest BCUT2D eigenvalue weighted by atomic mass is 10.4. The molecule has 0 radical (unpaired) electrons. The minimum absolute atomic E-state index is 0.193. The molecule has 0 fully saturated rings. The van der Waals surface area contributed by atoms with Gasteiger partial charge in [0.15, 0.2) is 0 Å². The molecular formula is C10H12BrN5O. The van der Waals surface area contributed by atoms with Crippen LogP contribution in [0.1, 0.15) is 5.82 Å². The Kier molecular flexibility index (Phi) is 3.28. The maximum Gasteiger partial charge on any atom is 0.267 e. The number of hydrogen-bond donors (Lipinski definition) is 1. The van der Waals surface area contributed by atoms with Crippen LogP contribution in [0.4, 0.5) is 5.82 Å². The molecule has 1 N–H and O–H groups in total. The molecule has 7 heteroatoms. The lowest BCUT2D eigenvalue weighted by Crippen LogP contribution is -2.23. The van der Waals surface area contributed by atoms with E-state index in [0.717, 1.165) is 5.82 Å². The first-order valence-electron chi connectivity index (χ1n) is 5.00. The lowest BCUT2D eigenvalue weighted by molar-refractivity contribution is 0.752.